The summed E-state index contributed by atoms with van der Waals surface area (Å²) < 4.78 is 5.14. The average Bonchev–Trinajstić information content (AvgIpc) is 3.16. The summed E-state index contributed by atoms with van der Waals surface area (Å²) in [5.41, 5.74) is 0.542. The second kappa shape index (κ2) is 7.72. The van der Waals surface area contributed by atoms with E-state index in [2.05, 4.69) is 26.7 Å². The fourth-order valence-corrected chi connectivity index (χ4v) is 3.66. The lowest BCUT2D eigenvalue weighted by atomic mass is 10.2. The number of hydrogen-bond donors (Lipinski definition) is 0. The van der Waals surface area contributed by atoms with Crippen LogP contribution in [-0.4, -0.2) is 53.6 Å². The van der Waals surface area contributed by atoms with Crippen molar-refractivity contribution >= 4 is 23.1 Å². The van der Waals surface area contributed by atoms with E-state index in [1.54, 1.807) is 29.7 Å². The van der Waals surface area contributed by atoms with Crippen molar-refractivity contribution in [3.8, 4) is 0 Å². The minimum Gasteiger partial charge on any atom is -0.462 e. The van der Waals surface area contributed by atoms with Crippen LogP contribution in [0.25, 0.3) is 0 Å². The SMILES string of the molecule is CCOC(=O)c1cccnc1N1CCN(C(C)c2nccs2)CC1. The number of rotatable bonds is 5. The molecule has 0 bridgehead atoms. The van der Waals surface area contributed by atoms with Gasteiger partial charge in [-0.1, -0.05) is 0 Å². The lowest BCUT2D eigenvalue weighted by molar-refractivity contribution is 0.0526. The summed E-state index contributed by atoms with van der Waals surface area (Å²) in [4.78, 5) is 25.6. The van der Waals surface area contributed by atoms with Gasteiger partial charge >= 0.3 is 5.97 Å². The van der Waals surface area contributed by atoms with Crippen LogP contribution in [-0.2, 0) is 4.74 Å². The number of carbonyl (C=O) groups is 1. The van der Waals surface area contributed by atoms with Crippen molar-refractivity contribution in [2.75, 3.05) is 37.7 Å². The van der Waals surface area contributed by atoms with Gasteiger partial charge in [0, 0.05) is 44.0 Å². The largest absolute Gasteiger partial charge is 0.462 e. The van der Waals surface area contributed by atoms with Crippen molar-refractivity contribution < 1.29 is 9.53 Å². The van der Waals surface area contributed by atoms with E-state index in [1.165, 1.54) is 0 Å². The zero-order valence-corrected chi connectivity index (χ0v) is 14.8. The molecular weight excluding hydrogens is 324 g/mol. The molecule has 1 aliphatic rings. The summed E-state index contributed by atoms with van der Waals surface area (Å²) in [7, 11) is 0. The summed E-state index contributed by atoms with van der Waals surface area (Å²) in [6.07, 6.45) is 3.58. The minimum atomic E-state index is -0.306. The molecule has 128 valence electrons. The van der Waals surface area contributed by atoms with Crippen LogP contribution in [0.2, 0.25) is 0 Å². The predicted molar refractivity (Wildman–Crippen MR) is 94.5 cm³/mol. The van der Waals surface area contributed by atoms with Gasteiger partial charge in [-0.25, -0.2) is 14.8 Å². The predicted octanol–water partition coefficient (Wildman–Crippen LogP) is 2.60. The molecule has 7 heteroatoms. The highest BCUT2D eigenvalue weighted by atomic mass is 32.1. The highest BCUT2D eigenvalue weighted by Gasteiger charge is 2.26. The van der Waals surface area contributed by atoms with E-state index in [9.17, 15) is 4.79 Å². The van der Waals surface area contributed by atoms with Crippen LogP contribution in [0, 0.1) is 0 Å². The van der Waals surface area contributed by atoms with Crippen molar-refractivity contribution in [1.82, 2.24) is 14.9 Å². The molecule has 0 aromatic carbocycles. The van der Waals surface area contributed by atoms with Gasteiger partial charge in [-0.3, -0.25) is 4.90 Å². The second-order valence-electron chi connectivity index (χ2n) is 5.66. The molecule has 2 aromatic rings. The van der Waals surface area contributed by atoms with E-state index in [4.69, 9.17) is 4.74 Å². The van der Waals surface area contributed by atoms with Crippen molar-refractivity contribution in [2.45, 2.75) is 19.9 Å². The maximum Gasteiger partial charge on any atom is 0.341 e. The van der Waals surface area contributed by atoms with Gasteiger partial charge in [0.25, 0.3) is 0 Å². The Labute approximate surface area is 146 Å². The lowest BCUT2D eigenvalue weighted by Gasteiger charge is -2.38. The van der Waals surface area contributed by atoms with Crippen LogP contribution >= 0.6 is 11.3 Å². The zero-order chi connectivity index (χ0) is 16.9. The first kappa shape index (κ1) is 16.9. The van der Waals surface area contributed by atoms with Crippen LogP contribution in [0.4, 0.5) is 5.82 Å². The fourth-order valence-electron chi connectivity index (χ4n) is 2.94. The highest BCUT2D eigenvalue weighted by Crippen LogP contribution is 2.25. The Kier molecular flexibility index (Phi) is 5.42. The minimum absolute atomic E-state index is 0.306. The molecule has 0 saturated carbocycles. The van der Waals surface area contributed by atoms with E-state index in [1.807, 2.05) is 18.5 Å². The number of pyridine rings is 1. The standard InChI is InChI=1S/C17H22N4O2S/c1-3-23-17(22)14-5-4-6-18-15(14)21-10-8-20(9-11-21)13(2)16-19-7-12-24-16/h4-7,12-13H,3,8-11H2,1-2H3. The summed E-state index contributed by atoms with van der Waals surface area (Å²) in [5, 5.41) is 3.16. The fraction of sp³-hybridized carbons (Fsp3) is 0.471. The summed E-state index contributed by atoms with van der Waals surface area (Å²) in [6, 6.07) is 3.88. The summed E-state index contributed by atoms with van der Waals surface area (Å²) >= 11 is 1.69. The quantitative estimate of drug-likeness (QED) is 0.776. The number of anilines is 1. The second-order valence-corrected chi connectivity index (χ2v) is 6.59. The van der Waals surface area contributed by atoms with Gasteiger partial charge in [0.2, 0.25) is 0 Å². The third-order valence-corrected chi connectivity index (χ3v) is 5.20. The molecule has 1 fully saturated rings. The van der Waals surface area contributed by atoms with Gasteiger partial charge in [-0.05, 0) is 26.0 Å². The van der Waals surface area contributed by atoms with E-state index in [-0.39, 0.29) is 5.97 Å². The number of aromatic nitrogens is 2. The third-order valence-electron chi connectivity index (χ3n) is 4.25. The van der Waals surface area contributed by atoms with Crippen molar-refractivity contribution in [3.63, 3.8) is 0 Å². The van der Waals surface area contributed by atoms with Gasteiger partial charge in [0.15, 0.2) is 0 Å². The molecule has 1 unspecified atom stereocenters. The number of ether oxygens (including phenoxy) is 1. The maximum absolute atomic E-state index is 12.1. The van der Waals surface area contributed by atoms with Crippen molar-refractivity contribution in [3.05, 3.63) is 40.5 Å². The molecule has 1 saturated heterocycles. The molecule has 3 rings (SSSR count). The molecule has 1 aliphatic heterocycles. The first-order valence-corrected chi connectivity index (χ1v) is 9.09. The van der Waals surface area contributed by atoms with Crippen LogP contribution in [0.3, 0.4) is 0 Å². The van der Waals surface area contributed by atoms with E-state index in [0.29, 0.717) is 18.2 Å². The van der Waals surface area contributed by atoms with Crippen molar-refractivity contribution in [2.24, 2.45) is 0 Å². The Balaban J connectivity index is 1.68. The highest BCUT2D eigenvalue weighted by molar-refractivity contribution is 7.09. The molecular formula is C17H22N4O2S. The molecule has 0 radical (unpaired) electrons. The number of thiazole rings is 1. The summed E-state index contributed by atoms with van der Waals surface area (Å²) in [5.74, 6) is 0.414. The molecule has 6 nitrogen and oxygen atoms in total. The number of piperazine rings is 1. The Bertz CT molecular complexity index is 669. The number of hydrogen-bond acceptors (Lipinski definition) is 7. The third kappa shape index (κ3) is 3.57. The number of carbonyl (C=O) groups excluding carboxylic acids is 1. The molecule has 2 aromatic heterocycles. The van der Waals surface area contributed by atoms with Crippen LogP contribution < -0.4 is 4.90 Å². The van der Waals surface area contributed by atoms with Gasteiger partial charge in [0.05, 0.1) is 12.6 Å². The first-order valence-electron chi connectivity index (χ1n) is 8.21. The monoisotopic (exact) mass is 346 g/mol. The average molecular weight is 346 g/mol. The Morgan fingerprint density at radius 1 is 1.29 bits per heavy atom. The number of nitrogens with zero attached hydrogens (tertiary/aromatic N) is 4. The Morgan fingerprint density at radius 3 is 2.75 bits per heavy atom. The van der Waals surface area contributed by atoms with Gasteiger partial charge < -0.3 is 9.64 Å². The maximum atomic E-state index is 12.1. The lowest BCUT2D eigenvalue weighted by Crippen LogP contribution is -2.47. The van der Waals surface area contributed by atoms with Crippen LogP contribution in [0.15, 0.2) is 29.9 Å². The molecule has 0 aliphatic carbocycles. The van der Waals surface area contributed by atoms with Gasteiger partial charge in [-0.15, -0.1) is 11.3 Å². The topological polar surface area (TPSA) is 58.6 Å². The van der Waals surface area contributed by atoms with Gasteiger partial charge in [0.1, 0.15) is 16.4 Å². The van der Waals surface area contributed by atoms with E-state index >= 15 is 0 Å². The zero-order valence-electron chi connectivity index (χ0n) is 14.0. The molecule has 0 amide bonds. The first-order chi connectivity index (χ1) is 11.7. The van der Waals surface area contributed by atoms with Gasteiger partial charge in [-0.2, -0.15) is 0 Å². The van der Waals surface area contributed by atoms with E-state index in [0.717, 1.165) is 37.0 Å². The Morgan fingerprint density at radius 2 is 2.08 bits per heavy atom. The van der Waals surface area contributed by atoms with Crippen LogP contribution in [0.1, 0.15) is 35.3 Å². The molecule has 3 heterocycles. The normalized spacial score (nSPS) is 16.8. The number of esters is 1. The smallest absolute Gasteiger partial charge is 0.341 e. The molecule has 0 spiro atoms. The molecule has 1 atom stereocenters. The van der Waals surface area contributed by atoms with Crippen LogP contribution in [0.5, 0.6) is 0 Å². The molecule has 0 N–H and O–H groups in total. The summed E-state index contributed by atoms with van der Waals surface area (Å²) in [6.45, 7) is 7.87. The Hall–Kier alpha value is -1.99. The van der Waals surface area contributed by atoms with Crippen molar-refractivity contribution in [1.29, 1.82) is 0 Å². The molecule has 24 heavy (non-hydrogen) atoms. The van der Waals surface area contributed by atoms with E-state index < -0.39 is 0 Å².